The second-order valence-corrected chi connectivity index (χ2v) is 9.28. The van der Waals surface area contributed by atoms with Crippen LogP contribution in [0.1, 0.15) is 61.3 Å². The van der Waals surface area contributed by atoms with Crippen LogP contribution < -0.4 is 10.1 Å². The minimum Gasteiger partial charge on any atom is -0.420 e. The average molecular weight is 515 g/mol. The van der Waals surface area contributed by atoms with Gasteiger partial charge in [0.1, 0.15) is 6.29 Å². The third kappa shape index (κ3) is 7.09. The molecule has 0 saturated carbocycles. The van der Waals surface area contributed by atoms with Crippen molar-refractivity contribution in [2.75, 3.05) is 13.2 Å². The maximum Gasteiger partial charge on any atom is 0.317 e. The predicted octanol–water partition coefficient (Wildman–Crippen LogP) is 5.13. The van der Waals surface area contributed by atoms with Gasteiger partial charge in [0, 0.05) is 24.3 Å². The van der Waals surface area contributed by atoms with E-state index in [2.05, 4.69) is 10.1 Å². The van der Waals surface area contributed by atoms with E-state index in [4.69, 9.17) is 4.74 Å². The van der Waals surface area contributed by atoms with Gasteiger partial charge in [-0.2, -0.15) is 8.78 Å². The Balaban J connectivity index is 1.87. The van der Waals surface area contributed by atoms with Crippen LogP contribution in [-0.4, -0.2) is 36.9 Å². The van der Waals surface area contributed by atoms with E-state index in [1.165, 1.54) is 38.1 Å². The van der Waals surface area contributed by atoms with E-state index in [0.29, 0.717) is 23.8 Å². The van der Waals surface area contributed by atoms with E-state index in [-0.39, 0.29) is 25.5 Å². The summed E-state index contributed by atoms with van der Waals surface area (Å²) < 4.78 is 77.8. The van der Waals surface area contributed by atoms with E-state index >= 15 is 0 Å². The van der Waals surface area contributed by atoms with Crippen LogP contribution in [0.15, 0.2) is 24.3 Å². The van der Waals surface area contributed by atoms with Crippen molar-refractivity contribution in [3.63, 3.8) is 0 Å². The molecule has 0 atom stereocenters. The molecule has 0 aliphatic heterocycles. The lowest BCUT2D eigenvalue weighted by Gasteiger charge is -2.28. The second kappa shape index (κ2) is 11.6. The van der Waals surface area contributed by atoms with Crippen molar-refractivity contribution in [1.82, 2.24) is 5.32 Å². The van der Waals surface area contributed by atoms with Gasteiger partial charge < -0.3 is 14.8 Å². The van der Waals surface area contributed by atoms with Crippen molar-refractivity contribution in [2.45, 2.75) is 46.1 Å². The lowest BCUT2D eigenvalue weighted by molar-refractivity contribution is -0.146. The highest BCUT2D eigenvalue weighted by atomic mass is 19.2. The normalized spacial score (nSPS) is 11.8. The fourth-order valence-corrected chi connectivity index (χ4v) is 2.95. The monoisotopic (exact) mass is 515 g/mol. The number of nitrogens with one attached hydrogen (secondary N) is 1. The third-order valence-electron chi connectivity index (χ3n) is 5.46. The molecule has 0 spiro atoms. The molecule has 0 saturated heterocycles. The van der Waals surface area contributed by atoms with Crippen LogP contribution >= 0.6 is 0 Å². The largest absolute Gasteiger partial charge is 0.420 e. The second-order valence-electron chi connectivity index (χ2n) is 9.28. The lowest BCUT2D eigenvalue weighted by Crippen LogP contribution is -2.35. The maximum absolute atomic E-state index is 13.8. The van der Waals surface area contributed by atoms with E-state index in [1.807, 2.05) is 0 Å². The highest BCUT2D eigenvalue weighted by Crippen LogP contribution is 2.32. The first-order valence-electron chi connectivity index (χ1n) is 10.9. The number of ether oxygens (including phenoxy) is 2. The molecule has 2 aromatic rings. The molecule has 0 radical (unpaired) electrons. The highest BCUT2D eigenvalue weighted by molar-refractivity contribution is 5.94. The molecule has 196 valence electrons. The molecule has 11 heteroatoms. The van der Waals surface area contributed by atoms with Crippen LogP contribution in [0.4, 0.5) is 22.0 Å². The van der Waals surface area contributed by atoms with Crippen molar-refractivity contribution >= 4 is 18.2 Å². The molecule has 0 heterocycles. The van der Waals surface area contributed by atoms with Gasteiger partial charge in [-0.1, -0.05) is 12.1 Å². The Morgan fingerprint density at radius 3 is 1.92 bits per heavy atom. The summed E-state index contributed by atoms with van der Waals surface area (Å²) in [5.74, 6) is -14.5. The zero-order valence-electron chi connectivity index (χ0n) is 20.1. The fraction of sp³-hybridized carbons (Fsp3) is 0.400. The summed E-state index contributed by atoms with van der Waals surface area (Å²) in [6.45, 7) is 6.48. The van der Waals surface area contributed by atoms with E-state index < -0.39 is 51.8 Å². The molecule has 0 bridgehead atoms. The van der Waals surface area contributed by atoms with Crippen molar-refractivity contribution in [3.05, 3.63) is 64.5 Å². The average Bonchev–Trinajstić information content (AvgIpc) is 2.83. The Hall–Kier alpha value is -3.34. The van der Waals surface area contributed by atoms with E-state index in [1.54, 1.807) is 13.8 Å². The third-order valence-corrected chi connectivity index (χ3v) is 5.46. The van der Waals surface area contributed by atoms with Crippen LogP contribution in [0.25, 0.3) is 0 Å². The number of benzene rings is 2. The first kappa shape index (κ1) is 28.9. The molecule has 36 heavy (non-hydrogen) atoms. The van der Waals surface area contributed by atoms with Gasteiger partial charge >= 0.3 is 5.97 Å². The molecule has 1 amide bonds. The minimum absolute atomic E-state index is 0.0000994. The molecule has 1 N–H and O–H groups in total. The van der Waals surface area contributed by atoms with Crippen LogP contribution in [0.3, 0.4) is 0 Å². The number of hydrogen-bond donors (Lipinski definition) is 1. The maximum atomic E-state index is 13.8. The summed E-state index contributed by atoms with van der Waals surface area (Å²) in [5, 5.41) is 2.73. The number of aldehydes is 1. The summed E-state index contributed by atoms with van der Waals surface area (Å²) in [6.07, 6.45) is 1.06. The summed E-state index contributed by atoms with van der Waals surface area (Å²) in [6, 6.07) is 6.09. The molecule has 0 fully saturated rings. The fourth-order valence-electron chi connectivity index (χ4n) is 2.95. The number of carbonyl (C=O) groups excluding carboxylic acids is 3. The SMILES string of the molecule is CC(C)(CCNC(=O)c1ccc(C=O)cc1)OCCC(C)(C)C(=O)Oc1c(F)c(F)c(F)c(F)c1F. The molecule has 2 aromatic carbocycles. The molecular weight excluding hydrogens is 489 g/mol. The Morgan fingerprint density at radius 1 is 0.861 bits per heavy atom. The topological polar surface area (TPSA) is 81.7 Å². The van der Waals surface area contributed by atoms with Gasteiger partial charge in [0.15, 0.2) is 0 Å². The minimum atomic E-state index is -2.35. The smallest absolute Gasteiger partial charge is 0.317 e. The molecule has 0 aliphatic rings. The summed E-state index contributed by atoms with van der Waals surface area (Å²) in [5.41, 5.74) is -1.30. The number of rotatable bonds is 11. The van der Waals surface area contributed by atoms with Crippen LogP contribution in [-0.2, 0) is 9.53 Å². The van der Waals surface area contributed by atoms with Crippen molar-refractivity contribution < 1.29 is 45.8 Å². The van der Waals surface area contributed by atoms with Gasteiger partial charge in [-0.25, -0.2) is 13.2 Å². The van der Waals surface area contributed by atoms with Crippen LogP contribution in [0, 0.1) is 34.5 Å². The van der Waals surface area contributed by atoms with Crippen LogP contribution in [0.5, 0.6) is 5.75 Å². The molecule has 0 unspecified atom stereocenters. The number of amides is 1. The quantitative estimate of drug-likeness (QED) is 0.112. The molecule has 6 nitrogen and oxygen atoms in total. The van der Waals surface area contributed by atoms with E-state index in [0.717, 1.165) is 0 Å². The van der Waals surface area contributed by atoms with Gasteiger partial charge in [-0.15, -0.1) is 0 Å². The predicted molar refractivity (Wildman–Crippen MR) is 119 cm³/mol. The molecule has 0 aliphatic carbocycles. The number of esters is 1. The summed E-state index contributed by atoms with van der Waals surface area (Å²) >= 11 is 0. The lowest BCUT2D eigenvalue weighted by atomic mass is 9.90. The van der Waals surface area contributed by atoms with E-state index in [9.17, 15) is 36.3 Å². The standard InChI is InChI=1S/C25H26F5NO5/c1-24(2,23(34)36-21-19(29)17(27)16(26)18(28)20(21)30)10-12-35-25(3,4)9-11-31-22(33)15-7-5-14(13-32)6-8-15/h5-8,13H,9-12H2,1-4H3,(H,31,33). The number of carbonyl (C=O) groups is 3. The Morgan fingerprint density at radius 2 is 1.39 bits per heavy atom. The van der Waals surface area contributed by atoms with Gasteiger partial charge in [-0.05, 0) is 52.7 Å². The first-order valence-corrected chi connectivity index (χ1v) is 10.9. The Kier molecular flexibility index (Phi) is 9.31. The first-order chi connectivity index (χ1) is 16.7. The zero-order chi connectivity index (χ0) is 27.3. The zero-order valence-corrected chi connectivity index (χ0v) is 20.1. The summed E-state index contributed by atoms with van der Waals surface area (Å²) in [7, 11) is 0. The van der Waals surface area contributed by atoms with Crippen molar-refractivity contribution in [2.24, 2.45) is 5.41 Å². The van der Waals surface area contributed by atoms with Gasteiger partial charge in [-0.3, -0.25) is 14.4 Å². The molecular formula is C25H26F5NO5. The molecule has 0 aromatic heterocycles. The van der Waals surface area contributed by atoms with Crippen LogP contribution in [0.2, 0.25) is 0 Å². The molecule has 2 rings (SSSR count). The number of hydrogen-bond acceptors (Lipinski definition) is 5. The Labute approximate surface area is 204 Å². The Bertz CT molecular complexity index is 1100. The number of halogens is 5. The van der Waals surface area contributed by atoms with Gasteiger partial charge in [0.2, 0.25) is 34.8 Å². The van der Waals surface area contributed by atoms with Gasteiger partial charge in [0.05, 0.1) is 11.0 Å². The van der Waals surface area contributed by atoms with Crippen molar-refractivity contribution in [3.8, 4) is 5.75 Å². The highest BCUT2D eigenvalue weighted by Gasteiger charge is 2.35. The summed E-state index contributed by atoms with van der Waals surface area (Å²) in [4.78, 5) is 35.3. The van der Waals surface area contributed by atoms with Crippen molar-refractivity contribution in [1.29, 1.82) is 0 Å². The van der Waals surface area contributed by atoms with Gasteiger partial charge in [0.25, 0.3) is 5.91 Å².